The number of nitrogens with one attached hydrogen (secondary N) is 3. The minimum atomic E-state index is -0.382. The zero-order valence-corrected chi connectivity index (χ0v) is 17.2. The molecule has 30 heavy (non-hydrogen) atoms. The number of fused-ring (bicyclic) bond motifs is 3. The number of benzene rings is 1. The Balaban J connectivity index is 1.54. The van der Waals surface area contributed by atoms with Crippen LogP contribution in [0.4, 0.5) is 16.3 Å². The maximum atomic E-state index is 12.4. The van der Waals surface area contributed by atoms with Crippen LogP contribution < -0.4 is 21.3 Å². The lowest BCUT2D eigenvalue weighted by Crippen LogP contribution is -2.33. The van der Waals surface area contributed by atoms with Crippen molar-refractivity contribution in [2.75, 3.05) is 36.4 Å². The van der Waals surface area contributed by atoms with Crippen LogP contribution in [0.2, 0.25) is 0 Å². The molecule has 1 unspecified atom stereocenters. The number of carbonyl (C=O) groups excluding carboxylic acids is 2. The molecule has 0 spiro atoms. The highest BCUT2D eigenvalue weighted by molar-refractivity contribution is 5.90. The SMILES string of the molecule is CC(=O)NCC1CN(c2ccc3c(c2)CCCc2c(NCCCN)n[nH]c2-3)C(=O)O1. The molecule has 1 aliphatic heterocycles. The highest BCUT2D eigenvalue weighted by atomic mass is 16.6. The quantitative estimate of drug-likeness (QED) is 0.514. The van der Waals surface area contributed by atoms with Gasteiger partial charge in [0, 0.05) is 30.3 Å². The molecule has 5 N–H and O–H groups in total. The van der Waals surface area contributed by atoms with Gasteiger partial charge < -0.3 is 21.1 Å². The third kappa shape index (κ3) is 4.11. The number of rotatable bonds is 7. The number of nitrogens with two attached hydrogens (primary N) is 1. The molecule has 2 amide bonds. The summed E-state index contributed by atoms with van der Waals surface area (Å²) >= 11 is 0. The standard InChI is InChI=1S/C21H28N6O3/c1-13(28)24-11-16-12-27(21(29)30-16)15-6-7-17-14(10-15)4-2-5-18-19(17)25-26-20(18)23-9-3-8-22/h6-7,10,16H,2-5,8-9,11-12,22H2,1H3,(H,24,28)(H2,23,25,26). The van der Waals surface area contributed by atoms with Gasteiger partial charge in [-0.3, -0.25) is 14.8 Å². The van der Waals surface area contributed by atoms with Crippen molar-refractivity contribution in [1.82, 2.24) is 15.5 Å². The first-order chi connectivity index (χ1) is 14.6. The summed E-state index contributed by atoms with van der Waals surface area (Å²) in [4.78, 5) is 25.1. The molecule has 0 bridgehead atoms. The molecule has 1 aromatic carbocycles. The number of amides is 2. The summed E-state index contributed by atoms with van der Waals surface area (Å²) in [5.74, 6) is 0.765. The number of anilines is 2. The number of cyclic esters (lactones) is 1. The molecule has 0 saturated carbocycles. The fourth-order valence-corrected chi connectivity index (χ4v) is 4.04. The van der Waals surface area contributed by atoms with Crippen molar-refractivity contribution in [3.05, 3.63) is 29.3 Å². The van der Waals surface area contributed by atoms with Crippen LogP contribution in [-0.4, -0.2) is 54.5 Å². The Labute approximate surface area is 175 Å². The van der Waals surface area contributed by atoms with Crippen LogP contribution in [0.25, 0.3) is 11.3 Å². The van der Waals surface area contributed by atoms with Crippen molar-refractivity contribution >= 4 is 23.5 Å². The molecule has 2 aromatic rings. The number of aryl methyl sites for hydroxylation is 1. The van der Waals surface area contributed by atoms with Gasteiger partial charge in [-0.15, -0.1) is 0 Å². The van der Waals surface area contributed by atoms with E-state index in [9.17, 15) is 9.59 Å². The lowest BCUT2D eigenvalue weighted by molar-refractivity contribution is -0.119. The van der Waals surface area contributed by atoms with E-state index in [2.05, 4.69) is 26.9 Å². The third-order valence-corrected chi connectivity index (χ3v) is 5.54. The summed E-state index contributed by atoms with van der Waals surface area (Å²) in [7, 11) is 0. The van der Waals surface area contributed by atoms with Gasteiger partial charge >= 0.3 is 6.09 Å². The molecular weight excluding hydrogens is 384 g/mol. The van der Waals surface area contributed by atoms with Gasteiger partial charge in [0.05, 0.1) is 18.8 Å². The van der Waals surface area contributed by atoms with Crippen molar-refractivity contribution < 1.29 is 14.3 Å². The number of aromatic amines is 1. The molecule has 9 nitrogen and oxygen atoms in total. The maximum absolute atomic E-state index is 12.4. The molecule has 160 valence electrons. The van der Waals surface area contributed by atoms with E-state index in [1.807, 2.05) is 12.1 Å². The minimum absolute atomic E-state index is 0.137. The maximum Gasteiger partial charge on any atom is 0.414 e. The van der Waals surface area contributed by atoms with Crippen LogP contribution in [-0.2, 0) is 22.4 Å². The minimum Gasteiger partial charge on any atom is -0.442 e. The van der Waals surface area contributed by atoms with Gasteiger partial charge in [-0.1, -0.05) is 6.07 Å². The molecule has 1 aromatic heterocycles. The predicted octanol–water partition coefficient (Wildman–Crippen LogP) is 1.79. The number of H-pyrrole nitrogens is 1. The molecule has 2 aliphatic rings. The Bertz CT molecular complexity index is 941. The van der Waals surface area contributed by atoms with Crippen molar-refractivity contribution in [1.29, 1.82) is 0 Å². The van der Waals surface area contributed by atoms with Crippen LogP contribution in [0, 0.1) is 0 Å². The summed E-state index contributed by atoms with van der Waals surface area (Å²) in [6.07, 6.45) is 3.03. The monoisotopic (exact) mass is 412 g/mol. The topological polar surface area (TPSA) is 125 Å². The number of ether oxygens (including phenoxy) is 1. The zero-order valence-electron chi connectivity index (χ0n) is 17.2. The molecular formula is C21H28N6O3. The second kappa shape index (κ2) is 8.74. The van der Waals surface area contributed by atoms with Gasteiger partial charge in [0.15, 0.2) is 5.82 Å². The highest BCUT2D eigenvalue weighted by Crippen LogP contribution is 2.36. The van der Waals surface area contributed by atoms with E-state index < -0.39 is 0 Å². The molecule has 1 saturated heterocycles. The van der Waals surface area contributed by atoms with Crippen molar-refractivity contribution in [3.63, 3.8) is 0 Å². The van der Waals surface area contributed by atoms with Crippen molar-refractivity contribution in [2.24, 2.45) is 5.73 Å². The Kier molecular flexibility index (Phi) is 5.89. The summed E-state index contributed by atoms with van der Waals surface area (Å²) in [6, 6.07) is 6.05. The van der Waals surface area contributed by atoms with Crippen LogP contribution in [0.5, 0.6) is 0 Å². The van der Waals surface area contributed by atoms with Gasteiger partial charge in [0.25, 0.3) is 0 Å². The molecule has 9 heteroatoms. The summed E-state index contributed by atoms with van der Waals surface area (Å²) < 4.78 is 5.39. The molecule has 4 rings (SSSR count). The Morgan fingerprint density at radius 3 is 3.07 bits per heavy atom. The smallest absolute Gasteiger partial charge is 0.414 e. The van der Waals surface area contributed by atoms with E-state index in [-0.39, 0.29) is 18.1 Å². The van der Waals surface area contributed by atoms with Gasteiger partial charge in [-0.2, -0.15) is 5.10 Å². The second-order valence-corrected chi connectivity index (χ2v) is 7.74. The van der Waals surface area contributed by atoms with E-state index in [0.29, 0.717) is 19.6 Å². The second-order valence-electron chi connectivity index (χ2n) is 7.74. The lowest BCUT2D eigenvalue weighted by Gasteiger charge is -2.16. The summed E-state index contributed by atoms with van der Waals surface area (Å²) in [5.41, 5.74) is 10.9. The van der Waals surface area contributed by atoms with E-state index >= 15 is 0 Å². The van der Waals surface area contributed by atoms with Crippen LogP contribution in [0.1, 0.15) is 30.9 Å². The molecule has 2 heterocycles. The van der Waals surface area contributed by atoms with E-state index in [4.69, 9.17) is 10.5 Å². The fraction of sp³-hybridized carbons (Fsp3) is 0.476. The van der Waals surface area contributed by atoms with Crippen LogP contribution in [0.15, 0.2) is 18.2 Å². The average molecular weight is 412 g/mol. The van der Waals surface area contributed by atoms with E-state index in [1.54, 1.807) is 4.90 Å². The molecule has 0 radical (unpaired) electrons. The zero-order chi connectivity index (χ0) is 21.1. The number of carbonyl (C=O) groups is 2. The third-order valence-electron chi connectivity index (χ3n) is 5.54. The first-order valence-corrected chi connectivity index (χ1v) is 10.4. The van der Waals surface area contributed by atoms with Gasteiger partial charge in [0.2, 0.25) is 5.91 Å². The van der Waals surface area contributed by atoms with Crippen LogP contribution in [0.3, 0.4) is 0 Å². The van der Waals surface area contributed by atoms with Crippen molar-refractivity contribution in [2.45, 2.75) is 38.7 Å². The lowest BCUT2D eigenvalue weighted by atomic mass is 10.0. The normalized spacial score (nSPS) is 17.7. The summed E-state index contributed by atoms with van der Waals surface area (Å²) in [5, 5.41) is 13.7. The van der Waals surface area contributed by atoms with E-state index in [0.717, 1.165) is 55.0 Å². The predicted molar refractivity (Wildman–Crippen MR) is 115 cm³/mol. The largest absolute Gasteiger partial charge is 0.442 e. The highest BCUT2D eigenvalue weighted by Gasteiger charge is 2.33. The van der Waals surface area contributed by atoms with Crippen molar-refractivity contribution in [3.8, 4) is 11.3 Å². The number of hydrogen-bond acceptors (Lipinski definition) is 6. The van der Waals surface area contributed by atoms with Gasteiger partial charge in [0.1, 0.15) is 6.10 Å². The Morgan fingerprint density at radius 2 is 2.27 bits per heavy atom. The summed E-state index contributed by atoms with van der Waals surface area (Å²) in [6.45, 7) is 3.64. The number of aromatic nitrogens is 2. The Morgan fingerprint density at radius 1 is 1.40 bits per heavy atom. The van der Waals surface area contributed by atoms with E-state index in [1.165, 1.54) is 18.1 Å². The average Bonchev–Trinajstić information content (AvgIpc) is 3.24. The first kappa shape index (κ1) is 20.2. The molecule has 1 aliphatic carbocycles. The number of hydrogen-bond donors (Lipinski definition) is 4. The molecule has 1 fully saturated rings. The first-order valence-electron chi connectivity index (χ1n) is 10.4. The van der Waals surface area contributed by atoms with Gasteiger partial charge in [-0.05, 0) is 49.9 Å². The fourth-order valence-electron chi connectivity index (χ4n) is 4.04. The van der Waals surface area contributed by atoms with Crippen LogP contribution >= 0.6 is 0 Å². The van der Waals surface area contributed by atoms with Gasteiger partial charge in [-0.25, -0.2) is 4.79 Å². The Hall–Kier alpha value is -3.07. The molecule has 1 atom stereocenters. The number of nitrogens with zero attached hydrogens (tertiary/aromatic N) is 2.